The fraction of sp³-hybridized carbons (Fsp3) is 0.469. The van der Waals surface area contributed by atoms with E-state index < -0.39 is 0 Å². The lowest BCUT2D eigenvalue weighted by atomic mass is 9.59. The van der Waals surface area contributed by atoms with Crippen molar-refractivity contribution in [1.29, 1.82) is 0 Å². The molecule has 0 N–H and O–H groups in total. The molecule has 2 heterocycles. The molecule has 1 unspecified atom stereocenters. The molecule has 1 aliphatic rings. The quantitative estimate of drug-likeness (QED) is 0.231. The minimum Gasteiger partial charge on any atom is -0.191 e. The molecule has 0 bridgehead atoms. The van der Waals surface area contributed by atoms with E-state index >= 15 is 0 Å². The maximum Gasteiger partial charge on any atom is 0.213 e. The molecule has 0 aliphatic carbocycles. The molecule has 1 heteroatoms. The van der Waals surface area contributed by atoms with Gasteiger partial charge in [-0.25, -0.2) is 0 Å². The summed E-state index contributed by atoms with van der Waals surface area (Å²) < 4.78 is 2.69. The highest BCUT2D eigenvalue weighted by molar-refractivity contribution is 5.71. The average molecular weight is 441 g/mol. The molecule has 174 valence electrons. The molecule has 0 saturated carbocycles. The van der Waals surface area contributed by atoms with Crippen molar-refractivity contribution in [3.05, 3.63) is 78.0 Å². The van der Waals surface area contributed by atoms with Gasteiger partial charge in [0.2, 0.25) is 5.69 Å². The third-order valence-electron chi connectivity index (χ3n) is 8.72. The van der Waals surface area contributed by atoms with Gasteiger partial charge in [0.05, 0.1) is 11.0 Å². The van der Waals surface area contributed by atoms with Crippen molar-refractivity contribution in [2.75, 3.05) is 0 Å². The highest BCUT2D eigenvalue weighted by Crippen LogP contribution is 2.51. The molecule has 0 amide bonds. The van der Waals surface area contributed by atoms with Crippen molar-refractivity contribution in [2.24, 2.45) is 0 Å². The number of aromatic nitrogens is 1. The zero-order valence-corrected chi connectivity index (χ0v) is 21.5. The van der Waals surface area contributed by atoms with Gasteiger partial charge in [-0.1, -0.05) is 95.5 Å². The number of hydrogen-bond acceptors (Lipinski definition) is 0. The Morgan fingerprint density at radius 1 is 0.727 bits per heavy atom. The van der Waals surface area contributed by atoms with Crippen LogP contribution in [0, 0.1) is 0 Å². The number of pyridine rings is 1. The molecule has 33 heavy (non-hydrogen) atoms. The van der Waals surface area contributed by atoms with Crippen LogP contribution in [0.5, 0.6) is 0 Å². The van der Waals surface area contributed by atoms with Gasteiger partial charge in [-0.15, -0.1) is 0 Å². The van der Waals surface area contributed by atoms with Crippen molar-refractivity contribution < 1.29 is 4.57 Å². The second-order valence-corrected chi connectivity index (χ2v) is 10.1. The Bertz CT molecular complexity index is 1080. The Balaban J connectivity index is 1.99. The minimum atomic E-state index is 0.0652. The topological polar surface area (TPSA) is 3.88 Å². The summed E-state index contributed by atoms with van der Waals surface area (Å²) in [5, 5.41) is 0. The standard InChI is InChI=1S/C32H42N/c1-6-10-11-13-20-26-23-30-27-21-16-17-22-29(27)31(5,7-2)32(8-3,9-4)33(30)24-28(26)25-18-14-12-15-19-25/h12,14-19,21-24H,6-11,13,20H2,1-5H3/q+1. The summed E-state index contributed by atoms with van der Waals surface area (Å²) in [5.41, 5.74) is 8.78. The van der Waals surface area contributed by atoms with Gasteiger partial charge in [0.25, 0.3) is 0 Å². The molecule has 3 aromatic rings. The molecule has 0 radical (unpaired) electrons. The van der Waals surface area contributed by atoms with Crippen molar-refractivity contribution in [3.63, 3.8) is 0 Å². The van der Waals surface area contributed by atoms with E-state index in [9.17, 15) is 0 Å². The molecule has 4 rings (SSSR count). The fourth-order valence-corrected chi connectivity index (χ4v) is 6.58. The number of benzene rings is 2. The molecule has 0 spiro atoms. The molecular formula is C32H42N+. The van der Waals surface area contributed by atoms with Gasteiger partial charge in [0.15, 0.2) is 11.7 Å². The predicted molar refractivity (Wildman–Crippen MR) is 142 cm³/mol. The lowest BCUT2D eigenvalue weighted by Gasteiger charge is -2.48. The van der Waals surface area contributed by atoms with Gasteiger partial charge in [0, 0.05) is 24.5 Å². The Morgan fingerprint density at radius 2 is 1.42 bits per heavy atom. The number of fused-ring (bicyclic) bond motifs is 3. The SMILES string of the molecule is CCCCCCc1cc2[n+](cc1-c1ccccc1)C(CC)(CC)C(C)(CC)c1ccccc1-2. The van der Waals surface area contributed by atoms with E-state index in [1.165, 1.54) is 59.2 Å². The third kappa shape index (κ3) is 3.84. The number of unbranched alkanes of at least 4 members (excludes halogenated alkanes) is 3. The lowest BCUT2D eigenvalue weighted by Crippen LogP contribution is -2.69. The molecule has 1 aliphatic heterocycles. The van der Waals surface area contributed by atoms with E-state index in [-0.39, 0.29) is 11.0 Å². The van der Waals surface area contributed by atoms with Crippen LogP contribution in [-0.4, -0.2) is 0 Å². The van der Waals surface area contributed by atoms with Crippen LogP contribution in [0.25, 0.3) is 22.4 Å². The Hall–Kier alpha value is -2.41. The summed E-state index contributed by atoms with van der Waals surface area (Å²) in [6.45, 7) is 12.0. The van der Waals surface area contributed by atoms with Crippen LogP contribution >= 0.6 is 0 Å². The van der Waals surface area contributed by atoms with E-state index in [4.69, 9.17) is 0 Å². The molecule has 1 nitrogen and oxygen atoms in total. The van der Waals surface area contributed by atoms with Gasteiger partial charge in [-0.2, -0.15) is 4.57 Å². The van der Waals surface area contributed by atoms with E-state index in [1.807, 2.05) is 0 Å². The van der Waals surface area contributed by atoms with Crippen LogP contribution in [0.2, 0.25) is 0 Å². The second-order valence-electron chi connectivity index (χ2n) is 10.1. The number of nitrogens with zero attached hydrogens (tertiary/aromatic N) is 1. The maximum atomic E-state index is 2.69. The lowest BCUT2D eigenvalue weighted by molar-refractivity contribution is -0.769. The van der Waals surface area contributed by atoms with Gasteiger partial charge in [-0.05, 0) is 48.9 Å². The first kappa shape index (κ1) is 23.7. The van der Waals surface area contributed by atoms with Crippen LogP contribution in [0.1, 0.15) is 90.7 Å². The summed E-state index contributed by atoms with van der Waals surface area (Å²) in [6, 6.07) is 22.8. The first-order valence-corrected chi connectivity index (χ1v) is 13.3. The summed E-state index contributed by atoms with van der Waals surface area (Å²) in [5.74, 6) is 0. The summed E-state index contributed by atoms with van der Waals surface area (Å²) in [4.78, 5) is 0. The van der Waals surface area contributed by atoms with Crippen molar-refractivity contribution in [2.45, 2.75) is 96.9 Å². The first-order valence-electron chi connectivity index (χ1n) is 13.3. The van der Waals surface area contributed by atoms with Crippen LogP contribution in [-0.2, 0) is 17.4 Å². The predicted octanol–water partition coefficient (Wildman–Crippen LogP) is 8.63. The van der Waals surface area contributed by atoms with E-state index in [0.717, 1.165) is 25.7 Å². The van der Waals surface area contributed by atoms with Gasteiger partial charge >= 0.3 is 0 Å². The normalized spacial score (nSPS) is 18.6. The molecule has 0 fully saturated rings. The highest BCUT2D eigenvalue weighted by atomic mass is 15.1. The number of rotatable bonds is 9. The highest BCUT2D eigenvalue weighted by Gasteiger charge is 2.58. The Labute approximate surface area is 201 Å². The summed E-state index contributed by atoms with van der Waals surface area (Å²) in [6.07, 6.45) is 12.3. The van der Waals surface area contributed by atoms with Crippen molar-refractivity contribution in [3.8, 4) is 22.4 Å². The average Bonchev–Trinajstić information content (AvgIpc) is 2.87. The van der Waals surface area contributed by atoms with E-state index in [2.05, 4.69) is 106 Å². The molecular weight excluding hydrogens is 398 g/mol. The minimum absolute atomic E-state index is 0.0652. The number of aryl methyl sites for hydroxylation is 1. The largest absolute Gasteiger partial charge is 0.213 e. The second kappa shape index (κ2) is 9.84. The van der Waals surface area contributed by atoms with Crippen LogP contribution in [0.3, 0.4) is 0 Å². The summed E-state index contributed by atoms with van der Waals surface area (Å²) in [7, 11) is 0. The van der Waals surface area contributed by atoms with E-state index in [0.29, 0.717) is 0 Å². The van der Waals surface area contributed by atoms with E-state index in [1.54, 1.807) is 0 Å². The van der Waals surface area contributed by atoms with Gasteiger partial charge in [-0.3, -0.25) is 0 Å². The van der Waals surface area contributed by atoms with Crippen molar-refractivity contribution in [1.82, 2.24) is 0 Å². The Morgan fingerprint density at radius 3 is 2.09 bits per heavy atom. The summed E-state index contributed by atoms with van der Waals surface area (Å²) >= 11 is 0. The Kier molecular flexibility index (Phi) is 7.07. The van der Waals surface area contributed by atoms with Crippen LogP contribution in [0.4, 0.5) is 0 Å². The third-order valence-corrected chi connectivity index (χ3v) is 8.72. The molecule has 1 atom stereocenters. The monoisotopic (exact) mass is 440 g/mol. The number of hydrogen-bond donors (Lipinski definition) is 0. The van der Waals surface area contributed by atoms with Crippen LogP contribution in [0.15, 0.2) is 66.9 Å². The van der Waals surface area contributed by atoms with Gasteiger partial charge in [0.1, 0.15) is 0 Å². The first-order chi connectivity index (χ1) is 16.1. The zero-order valence-electron chi connectivity index (χ0n) is 21.5. The molecule has 0 saturated heterocycles. The van der Waals surface area contributed by atoms with Gasteiger partial charge < -0.3 is 0 Å². The fourth-order valence-electron chi connectivity index (χ4n) is 6.58. The smallest absolute Gasteiger partial charge is 0.191 e. The maximum absolute atomic E-state index is 2.69. The zero-order chi connectivity index (χ0) is 23.5. The molecule has 2 aromatic carbocycles. The molecule has 1 aromatic heterocycles. The van der Waals surface area contributed by atoms with Crippen molar-refractivity contribution >= 4 is 0 Å². The van der Waals surface area contributed by atoms with Crippen LogP contribution < -0.4 is 4.57 Å².